The molecule has 2 aromatic rings. The number of hydrogen-bond acceptors (Lipinski definition) is 7. The Morgan fingerprint density at radius 3 is 2.92 bits per heavy atom. The summed E-state index contributed by atoms with van der Waals surface area (Å²) in [4.78, 5) is 29.4. The SMILES string of the molecule is CCOC(=O)/C=C1\SCC(=O)N1Cc1nc(-c2ccc(Cl)cc2)no1. The van der Waals surface area contributed by atoms with Crippen LogP contribution in [0.3, 0.4) is 0 Å². The van der Waals surface area contributed by atoms with Crippen LogP contribution in [0.25, 0.3) is 11.4 Å². The number of amides is 1. The highest BCUT2D eigenvalue weighted by molar-refractivity contribution is 8.04. The van der Waals surface area contributed by atoms with E-state index in [0.29, 0.717) is 15.9 Å². The van der Waals surface area contributed by atoms with Crippen molar-refractivity contribution in [1.29, 1.82) is 0 Å². The third-order valence-electron chi connectivity index (χ3n) is 3.30. The van der Waals surface area contributed by atoms with Gasteiger partial charge in [0.05, 0.1) is 23.5 Å². The molecule has 1 aliphatic rings. The third kappa shape index (κ3) is 4.21. The number of nitrogens with zero attached hydrogens (tertiary/aromatic N) is 3. The van der Waals surface area contributed by atoms with Gasteiger partial charge in [-0.25, -0.2) is 4.79 Å². The summed E-state index contributed by atoms with van der Waals surface area (Å²) in [6, 6.07) is 7.02. The molecule has 0 bridgehead atoms. The minimum atomic E-state index is -0.489. The Labute approximate surface area is 153 Å². The topological polar surface area (TPSA) is 85.5 Å². The van der Waals surface area contributed by atoms with Gasteiger partial charge in [0.15, 0.2) is 0 Å². The van der Waals surface area contributed by atoms with Gasteiger partial charge in [-0.3, -0.25) is 9.69 Å². The highest BCUT2D eigenvalue weighted by atomic mass is 35.5. The number of rotatable bonds is 5. The average molecular weight is 380 g/mol. The van der Waals surface area contributed by atoms with Gasteiger partial charge in [-0.15, -0.1) is 0 Å². The first-order chi connectivity index (χ1) is 12.1. The molecule has 3 rings (SSSR count). The number of thioether (sulfide) groups is 1. The molecule has 1 saturated heterocycles. The average Bonchev–Trinajstić information content (AvgIpc) is 3.18. The molecule has 2 heterocycles. The van der Waals surface area contributed by atoms with Gasteiger partial charge < -0.3 is 9.26 Å². The Bertz CT molecular complexity index is 819. The second-order valence-electron chi connectivity index (χ2n) is 5.02. The van der Waals surface area contributed by atoms with E-state index in [2.05, 4.69) is 10.1 Å². The molecule has 1 aromatic carbocycles. The summed E-state index contributed by atoms with van der Waals surface area (Å²) in [5.41, 5.74) is 0.754. The van der Waals surface area contributed by atoms with Gasteiger partial charge in [0.25, 0.3) is 0 Å². The van der Waals surface area contributed by atoms with Gasteiger partial charge in [0.2, 0.25) is 17.6 Å². The fraction of sp³-hybridized carbons (Fsp3) is 0.250. The summed E-state index contributed by atoms with van der Waals surface area (Å²) in [5, 5.41) is 5.03. The van der Waals surface area contributed by atoms with Crippen LogP contribution >= 0.6 is 23.4 Å². The van der Waals surface area contributed by atoms with E-state index in [1.807, 2.05) is 0 Å². The maximum absolute atomic E-state index is 12.1. The Balaban J connectivity index is 1.75. The van der Waals surface area contributed by atoms with Gasteiger partial charge >= 0.3 is 5.97 Å². The van der Waals surface area contributed by atoms with Gasteiger partial charge in [-0.05, 0) is 31.2 Å². The van der Waals surface area contributed by atoms with E-state index < -0.39 is 5.97 Å². The Morgan fingerprint density at radius 2 is 2.20 bits per heavy atom. The Morgan fingerprint density at radius 1 is 1.44 bits per heavy atom. The van der Waals surface area contributed by atoms with Gasteiger partial charge in [-0.2, -0.15) is 4.98 Å². The number of hydrogen-bond donors (Lipinski definition) is 0. The van der Waals surface area contributed by atoms with Crippen LogP contribution in [0.1, 0.15) is 12.8 Å². The van der Waals surface area contributed by atoms with Crippen molar-refractivity contribution in [2.75, 3.05) is 12.4 Å². The van der Waals surface area contributed by atoms with E-state index in [9.17, 15) is 9.59 Å². The van der Waals surface area contributed by atoms with Crippen LogP contribution in [0.5, 0.6) is 0 Å². The zero-order valence-corrected chi connectivity index (χ0v) is 14.8. The molecule has 0 spiro atoms. The smallest absolute Gasteiger partial charge is 0.333 e. The lowest BCUT2D eigenvalue weighted by molar-refractivity contribution is -0.137. The Hall–Kier alpha value is -2.32. The number of carbonyl (C=O) groups excluding carboxylic acids is 2. The molecule has 1 fully saturated rings. The second-order valence-corrected chi connectivity index (χ2v) is 6.45. The zero-order valence-electron chi connectivity index (χ0n) is 13.3. The summed E-state index contributed by atoms with van der Waals surface area (Å²) in [5.74, 6) is 0.310. The van der Waals surface area contributed by atoms with E-state index in [4.69, 9.17) is 20.9 Å². The number of ether oxygens (including phenoxy) is 1. The second kappa shape index (κ2) is 7.71. The molecular weight excluding hydrogens is 366 g/mol. The molecule has 1 amide bonds. The number of halogens is 1. The summed E-state index contributed by atoms with van der Waals surface area (Å²) >= 11 is 7.13. The van der Waals surface area contributed by atoms with Crippen LogP contribution in [0.15, 0.2) is 39.9 Å². The molecule has 0 unspecified atom stereocenters. The van der Waals surface area contributed by atoms with Crippen molar-refractivity contribution >= 4 is 35.2 Å². The van der Waals surface area contributed by atoms with E-state index >= 15 is 0 Å². The van der Waals surface area contributed by atoms with Crippen molar-refractivity contribution in [3.8, 4) is 11.4 Å². The minimum absolute atomic E-state index is 0.0949. The highest BCUT2D eigenvalue weighted by Gasteiger charge is 2.29. The Kier molecular flexibility index (Phi) is 5.40. The zero-order chi connectivity index (χ0) is 17.8. The van der Waals surface area contributed by atoms with E-state index in [-0.39, 0.29) is 30.7 Å². The fourth-order valence-corrected chi connectivity index (χ4v) is 3.21. The molecule has 7 nitrogen and oxygen atoms in total. The standard InChI is InChI=1S/C16H14ClN3O4S/c1-2-23-15(22)7-14-20(13(21)9-25-14)8-12-18-16(19-24-12)10-3-5-11(17)6-4-10/h3-7H,2,8-9H2,1H3/b14-7-. The number of benzene rings is 1. The van der Waals surface area contributed by atoms with E-state index in [1.165, 1.54) is 22.7 Å². The van der Waals surface area contributed by atoms with Crippen molar-refractivity contribution in [3.63, 3.8) is 0 Å². The molecule has 0 aliphatic carbocycles. The lowest BCUT2D eigenvalue weighted by Gasteiger charge is -2.13. The number of carbonyl (C=O) groups is 2. The minimum Gasteiger partial charge on any atom is -0.463 e. The fourth-order valence-electron chi connectivity index (χ4n) is 2.16. The van der Waals surface area contributed by atoms with Crippen molar-refractivity contribution in [2.24, 2.45) is 0 Å². The van der Waals surface area contributed by atoms with Crippen LogP contribution < -0.4 is 0 Å². The maximum Gasteiger partial charge on any atom is 0.333 e. The van der Waals surface area contributed by atoms with Crippen molar-refractivity contribution in [3.05, 3.63) is 46.3 Å². The third-order valence-corrected chi connectivity index (χ3v) is 4.58. The lowest BCUT2D eigenvalue weighted by atomic mass is 10.2. The lowest BCUT2D eigenvalue weighted by Crippen LogP contribution is -2.24. The number of esters is 1. The molecule has 0 N–H and O–H groups in total. The van der Waals surface area contributed by atoms with Crippen molar-refractivity contribution in [2.45, 2.75) is 13.5 Å². The molecule has 9 heteroatoms. The van der Waals surface area contributed by atoms with Crippen LogP contribution in [0, 0.1) is 0 Å². The van der Waals surface area contributed by atoms with Crippen LogP contribution in [0.4, 0.5) is 0 Å². The van der Waals surface area contributed by atoms with Crippen LogP contribution in [-0.2, 0) is 20.9 Å². The molecular formula is C16H14ClN3O4S. The first-order valence-corrected chi connectivity index (χ1v) is 8.83. The monoisotopic (exact) mass is 379 g/mol. The highest BCUT2D eigenvalue weighted by Crippen LogP contribution is 2.30. The summed E-state index contributed by atoms with van der Waals surface area (Å²) in [7, 11) is 0. The predicted octanol–water partition coefficient (Wildman–Crippen LogP) is 2.87. The summed E-state index contributed by atoms with van der Waals surface area (Å²) in [6.45, 7) is 2.09. The summed E-state index contributed by atoms with van der Waals surface area (Å²) in [6.07, 6.45) is 1.30. The normalized spacial score (nSPS) is 15.8. The van der Waals surface area contributed by atoms with Gasteiger partial charge in [0.1, 0.15) is 6.54 Å². The quantitative estimate of drug-likeness (QED) is 0.583. The first kappa shape index (κ1) is 17.5. The molecule has 25 heavy (non-hydrogen) atoms. The predicted molar refractivity (Wildman–Crippen MR) is 92.5 cm³/mol. The van der Waals surface area contributed by atoms with E-state index in [0.717, 1.165) is 5.56 Å². The van der Waals surface area contributed by atoms with Gasteiger partial charge in [-0.1, -0.05) is 28.5 Å². The molecule has 0 radical (unpaired) electrons. The molecule has 130 valence electrons. The maximum atomic E-state index is 12.1. The molecule has 0 atom stereocenters. The van der Waals surface area contributed by atoms with Crippen LogP contribution in [-0.4, -0.2) is 39.3 Å². The van der Waals surface area contributed by atoms with Crippen LogP contribution in [0.2, 0.25) is 5.02 Å². The molecule has 0 saturated carbocycles. The number of aromatic nitrogens is 2. The first-order valence-electron chi connectivity index (χ1n) is 7.47. The molecule has 1 aliphatic heterocycles. The van der Waals surface area contributed by atoms with E-state index in [1.54, 1.807) is 31.2 Å². The molecule has 1 aromatic heterocycles. The van der Waals surface area contributed by atoms with Gasteiger partial charge in [0, 0.05) is 10.6 Å². The largest absolute Gasteiger partial charge is 0.463 e. The van der Waals surface area contributed by atoms with Crippen molar-refractivity contribution < 1.29 is 18.8 Å². The summed E-state index contributed by atoms with van der Waals surface area (Å²) < 4.78 is 10.1. The van der Waals surface area contributed by atoms with Crippen molar-refractivity contribution in [1.82, 2.24) is 15.0 Å².